The third-order valence-electron chi connectivity index (χ3n) is 6.61. The number of rotatable bonds is 5. The van der Waals surface area contributed by atoms with E-state index in [1.54, 1.807) is 0 Å². The Labute approximate surface area is 161 Å². The molecule has 27 heavy (non-hydrogen) atoms. The number of para-hydroxylation sites is 1. The first-order valence-electron chi connectivity index (χ1n) is 10.7. The fraction of sp³-hybridized carbons (Fsp3) is 0.565. The summed E-state index contributed by atoms with van der Waals surface area (Å²) < 4.78 is 2.05. The Bertz CT molecular complexity index is 821. The second kappa shape index (κ2) is 6.81. The highest BCUT2D eigenvalue weighted by molar-refractivity contribution is 5.94. The lowest BCUT2D eigenvalue weighted by molar-refractivity contribution is 0.0682. The molecule has 4 heteroatoms. The molecule has 2 saturated carbocycles. The summed E-state index contributed by atoms with van der Waals surface area (Å²) in [5.74, 6) is 1.59. The molecule has 0 atom stereocenters. The van der Waals surface area contributed by atoms with Gasteiger partial charge in [-0.1, -0.05) is 24.6 Å². The number of hydrogen-bond donors (Lipinski definition) is 0. The van der Waals surface area contributed by atoms with Crippen molar-refractivity contribution < 1.29 is 4.79 Å². The number of carbonyl (C=O) groups excluding carboxylic acids is 1. The molecule has 3 aliphatic carbocycles. The summed E-state index contributed by atoms with van der Waals surface area (Å²) in [6.45, 7) is 0. The van der Waals surface area contributed by atoms with Crippen LogP contribution in [0.15, 0.2) is 30.3 Å². The molecule has 2 aromatic rings. The van der Waals surface area contributed by atoms with Gasteiger partial charge in [-0.15, -0.1) is 0 Å². The van der Waals surface area contributed by atoms with Gasteiger partial charge in [0.05, 0.1) is 5.69 Å². The lowest BCUT2D eigenvalue weighted by Gasteiger charge is -2.28. The number of hydrogen-bond acceptors (Lipinski definition) is 2. The second-order valence-corrected chi connectivity index (χ2v) is 8.66. The van der Waals surface area contributed by atoms with Crippen molar-refractivity contribution >= 4 is 5.91 Å². The van der Waals surface area contributed by atoms with Crippen LogP contribution in [0.2, 0.25) is 0 Å². The molecule has 0 N–H and O–H groups in total. The molecule has 1 heterocycles. The van der Waals surface area contributed by atoms with Crippen LogP contribution in [0.3, 0.4) is 0 Å². The summed E-state index contributed by atoms with van der Waals surface area (Å²) in [6, 6.07) is 10.7. The topological polar surface area (TPSA) is 38.1 Å². The maximum absolute atomic E-state index is 13.5. The van der Waals surface area contributed by atoms with E-state index in [1.807, 2.05) is 29.9 Å². The van der Waals surface area contributed by atoms with Crippen LogP contribution in [0.1, 0.15) is 66.7 Å². The maximum Gasteiger partial charge on any atom is 0.274 e. The first kappa shape index (κ1) is 17.0. The molecule has 0 bridgehead atoms. The van der Waals surface area contributed by atoms with Gasteiger partial charge in [0.2, 0.25) is 0 Å². The van der Waals surface area contributed by atoms with Crippen LogP contribution < -0.4 is 0 Å². The zero-order valence-electron chi connectivity index (χ0n) is 16.2. The van der Waals surface area contributed by atoms with Gasteiger partial charge >= 0.3 is 0 Å². The Morgan fingerprint density at radius 3 is 2.37 bits per heavy atom. The van der Waals surface area contributed by atoms with Crippen LogP contribution in [0.5, 0.6) is 0 Å². The highest BCUT2D eigenvalue weighted by atomic mass is 16.2. The third-order valence-corrected chi connectivity index (χ3v) is 6.61. The molecule has 0 spiro atoms. The largest absolute Gasteiger partial charge is 0.337 e. The van der Waals surface area contributed by atoms with Crippen LogP contribution in [-0.2, 0) is 12.8 Å². The molecular formula is C23H29N3O. The van der Waals surface area contributed by atoms with Crippen molar-refractivity contribution in [2.45, 2.75) is 63.8 Å². The monoisotopic (exact) mass is 363 g/mol. The number of carbonyl (C=O) groups is 1. The van der Waals surface area contributed by atoms with Gasteiger partial charge in [0.15, 0.2) is 5.69 Å². The van der Waals surface area contributed by atoms with Crippen molar-refractivity contribution in [3.8, 4) is 5.69 Å². The number of amides is 1. The third kappa shape index (κ3) is 3.19. The van der Waals surface area contributed by atoms with Crippen molar-refractivity contribution in [3.63, 3.8) is 0 Å². The number of fused-ring (bicyclic) bond motifs is 1. The zero-order valence-corrected chi connectivity index (χ0v) is 16.2. The van der Waals surface area contributed by atoms with E-state index in [4.69, 9.17) is 5.10 Å². The second-order valence-electron chi connectivity index (χ2n) is 8.66. The highest BCUT2D eigenvalue weighted by Gasteiger charge is 2.45. The Morgan fingerprint density at radius 2 is 1.70 bits per heavy atom. The molecule has 1 amide bonds. The van der Waals surface area contributed by atoms with Gasteiger partial charge in [0.25, 0.3) is 5.91 Å². The van der Waals surface area contributed by atoms with E-state index in [1.165, 1.54) is 49.8 Å². The van der Waals surface area contributed by atoms with Crippen molar-refractivity contribution in [1.29, 1.82) is 0 Å². The summed E-state index contributed by atoms with van der Waals surface area (Å²) in [4.78, 5) is 15.6. The molecule has 3 aliphatic rings. The first-order valence-corrected chi connectivity index (χ1v) is 10.7. The molecule has 0 saturated heterocycles. The van der Waals surface area contributed by atoms with E-state index >= 15 is 0 Å². The van der Waals surface area contributed by atoms with E-state index in [0.717, 1.165) is 36.8 Å². The van der Waals surface area contributed by atoms with E-state index in [0.29, 0.717) is 11.7 Å². The number of benzene rings is 1. The molecule has 1 aromatic carbocycles. The summed E-state index contributed by atoms with van der Waals surface area (Å²) in [5, 5.41) is 4.89. The van der Waals surface area contributed by atoms with Gasteiger partial charge in [-0.05, 0) is 75.3 Å². The van der Waals surface area contributed by atoms with Crippen molar-refractivity contribution in [2.24, 2.45) is 11.8 Å². The van der Waals surface area contributed by atoms with Crippen LogP contribution in [-0.4, -0.2) is 33.7 Å². The quantitative estimate of drug-likeness (QED) is 0.739. The molecule has 0 aliphatic heterocycles. The summed E-state index contributed by atoms with van der Waals surface area (Å²) in [5.41, 5.74) is 4.24. The standard InChI is InChI=1S/C23H29N3O/c1-25(22(16-12-13-16)17-14-15-17)23(27)21-19-10-6-3-7-11-20(19)26(24-21)18-8-4-2-5-9-18/h2,4-5,8-9,16-17,22H,3,6-7,10-15H2,1H3. The Hall–Kier alpha value is -2.10. The molecule has 0 unspecified atom stereocenters. The maximum atomic E-state index is 13.5. The Kier molecular flexibility index (Phi) is 4.30. The summed E-state index contributed by atoms with van der Waals surface area (Å²) >= 11 is 0. The summed E-state index contributed by atoms with van der Waals surface area (Å²) in [7, 11) is 2.02. The van der Waals surface area contributed by atoms with Gasteiger partial charge in [-0.2, -0.15) is 5.10 Å². The van der Waals surface area contributed by atoms with Crippen molar-refractivity contribution in [3.05, 3.63) is 47.3 Å². The molecule has 5 rings (SSSR count). The van der Waals surface area contributed by atoms with Gasteiger partial charge in [0, 0.05) is 24.3 Å². The minimum atomic E-state index is 0.145. The Morgan fingerprint density at radius 1 is 1.04 bits per heavy atom. The normalized spacial score (nSPS) is 19.6. The van der Waals surface area contributed by atoms with E-state index in [2.05, 4.69) is 17.0 Å². The molecule has 2 fully saturated rings. The van der Waals surface area contributed by atoms with Crippen LogP contribution in [0, 0.1) is 11.8 Å². The molecular weight excluding hydrogens is 334 g/mol. The van der Waals surface area contributed by atoms with Crippen LogP contribution in [0.25, 0.3) is 5.69 Å². The van der Waals surface area contributed by atoms with Crippen molar-refractivity contribution in [1.82, 2.24) is 14.7 Å². The van der Waals surface area contributed by atoms with E-state index in [-0.39, 0.29) is 5.91 Å². The minimum Gasteiger partial charge on any atom is -0.337 e. The van der Waals surface area contributed by atoms with Gasteiger partial charge < -0.3 is 4.90 Å². The first-order chi connectivity index (χ1) is 13.2. The Balaban J connectivity index is 1.53. The molecule has 1 aromatic heterocycles. The molecule has 4 nitrogen and oxygen atoms in total. The average molecular weight is 364 g/mol. The minimum absolute atomic E-state index is 0.145. The summed E-state index contributed by atoms with van der Waals surface area (Å²) in [6.07, 6.45) is 10.7. The van der Waals surface area contributed by atoms with E-state index < -0.39 is 0 Å². The van der Waals surface area contributed by atoms with Gasteiger partial charge in [0.1, 0.15) is 0 Å². The van der Waals surface area contributed by atoms with Crippen LogP contribution >= 0.6 is 0 Å². The zero-order chi connectivity index (χ0) is 18.4. The van der Waals surface area contributed by atoms with E-state index in [9.17, 15) is 4.79 Å². The van der Waals surface area contributed by atoms with Gasteiger partial charge in [-0.25, -0.2) is 4.68 Å². The SMILES string of the molecule is CN(C(=O)c1nn(-c2ccccc2)c2c1CCCCC2)C(C1CC1)C1CC1. The number of aromatic nitrogens is 2. The predicted molar refractivity (Wildman–Crippen MR) is 106 cm³/mol. The average Bonchev–Trinajstić information content (AvgIpc) is 3.60. The molecule has 0 radical (unpaired) electrons. The fourth-order valence-electron chi connectivity index (χ4n) is 4.93. The van der Waals surface area contributed by atoms with Crippen LogP contribution in [0.4, 0.5) is 0 Å². The fourth-order valence-corrected chi connectivity index (χ4v) is 4.93. The lowest BCUT2D eigenvalue weighted by atomic mass is 10.0. The number of nitrogens with zero attached hydrogens (tertiary/aromatic N) is 3. The van der Waals surface area contributed by atoms with Crippen molar-refractivity contribution in [2.75, 3.05) is 7.05 Å². The highest BCUT2D eigenvalue weighted by Crippen LogP contribution is 2.47. The molecule has 142 valence electrons. The van der Waals surface area contributed by atoms with Gasteiger partial charge in [-0.3, -0.25) is 4.79 Å². The smallest absolute Gasteiger partial charge is 0.274 e. The lowest BCUT2D eigenvalue weighted by Crippen LogP contribution is -2.40. The predicted octanol–water partition coefficient (Wildman–Crippen LogP) is 4.40.